The summed E-state index contributed by atoms with van der Waals surface area (Å²) in [5.41, 5.74) is 0.142. The van der Waals surface area contributed by atoms with Crippen molar-refractivity contribution in [1.82, 2.24) is 0 Å². The SMILES string of the molecule is CS(=O)(=O)OCc1cccc(Cl)[n+]1[O-]. The number of pyridine rings is 1. The second-order valence-corrected chi connectivity index (χ2v) is 4.63. The first kappa shape index (κ1) is 11.2. The van der Waals surface area contributed by atoms with E-state index in [2.05, 4.69) is 4.18 Å². The molecule has 14 heavy (non-hydrogen) atoms. The summed E-state index contributed by atoms with van der Waals surface area (Å²) in [6.45, 7) is -0.317. The fourth-order valence-electron chi connectivity index (χ4n) is 0.785. The molecule has 0 saturated carbocycles. The minimum absolute atomic E-state index is 0.0281. The third-order valence-electron chi connectivity index (χ3n) is 1.40. The van der Waals surface area contributed by atoms with Gasteiger partial charge in [-0.15, -0.1) is 0 Å². The van der Waals surface area contributed by atoms with E-state index in [1.54, 1.807) is 0 Å². The van der Waals surface area contributed by atoms with Crippen LogP contribution in [0.3, 0.4) is 0 Å². The number of aromatic nitrogens is 1. The maximum Gasteiger partial charge on any atom is 0.286 e. The molecule has 0 atom stereocenters. The molecule has 0 N–H and O–H groups in total. The third kappa shape index (κ3) is 3.13. The summed E-state index contributed by atoms with van der Waals surface area (Å²) < 4.78 is 26.1. The van der Waals surface area contributed by atoms with E-state index in [1.807, 2.05) is 0 Å². The van der Waals surface area contributed by atoms with Gasteiger partial charge in [0, 0.05) is 12.1 Å². The lowest BCUT2D eigenvalue weighted by molar-refractivity contribution is -0.613. The fourth-order valence-corrected chi connectivity index (χ4v) is 1.30. The average molecular weight is 238 g/mol. The monoisotopic (exact) mass is 237 g/mol. The van der Waals surface area contributed by atoms with Crippen molar-refractivity contribution in [2.24, 2.45) is 0 Å². The number of rotatable bonds is 3. The van der Waals surface area contributed by atoms with Crippen molar-refractivity contribution in [3.8, 4) is 0 Å². The zero-order valence-electron chi connectivity index (χ0n) is 7.31. The summed E-state index contributed by atoms with van der Waals surface area (Å²) in [6, 6.07) is 4.38. The van der Waals surface area contributed by atoms with E-state index in [0.717, 1.165) is 6.26 Å². The molecule has 0 fully saturated rings. The van der Waals surface area contributed by atoms with Gasteiger partial charge >= 0.3 is 0 Å². The summed E-state index contributed by atoms with van der Waals surface area (Å²) >= 11 is 5.51. The van der Waals surface area contributed by atoms with Crippen molar-refractivity contribution in [3.05, 3.63) is 34.3 Å². The van der Waals surface area contributed by atoms with Crippen molar-refractivity contribution >= 4 is 21.7 Å². The van der Waals surface area contributed by atoms with Crippen LogP contribution in [-0.4, -0.2) is 14.7 Å². The molecule has 1 heterocycles. The Hall–Kier alpha value is -0.850. The molecule has 78 valence electrons. The number of hydrogen-bond acceptors (Lipinski definition) is 4. The minimum atomic E-state index is -3.55. The normalized spacial score (nSPS) is 11.6. The molecule has 5 nitrogen and oxygen atoms in total. The van der Waals surface area contributed by atoms with Crippen LogP contribution in [0.1, 0.15) is 5.69 Å². The Morgan fingerprint density at radius 2 is 2.21 bits per heavy atom. The van der Waals surface area contributed by atoms with Gasteiger partial charge in [-0.2, -0.15) is 13.1 Å². The number of halogens is 1. The summed E-state index contributed by atoms with van der Waals surface area (Å²) in [5, 5.41) is 11.2. The van der Waals surface area contributed by atoms with Crippen LogP contribution in [0, 0.1) is 5.21 Å². The van der Waals surface area contributed by atoms with Crippen LogP contribution in [0.4, 0.5) is 0 Å². The number of nitrogens with zero attached hydrogens (tertiary/aromatic N) is 1. The van der Waals surface area contributed by atoms with Crippen LogP contribution in [0.2, 0.25) is 5.15 Å². The molecule has 1 aromatic heterocycles. The summed E-state index contributed by atoms with van der Waals surface area (Å²) in [5.74, 6) is 0. The molecule has 1 rings (SSSR count). The van der Waals surface area contributed by atoms with Gasteiger partial charge in [0.25, 0.3) is 15.3 Å². The second-order valence-electron chi connectivity index (χ2n) is 2.60. The lowest BCUT2D eigenvalue weighted by Crippen LogP contribution is -2.33. The molecule has 0 spiro atoms. The third-order valence-corrected chi connectivity index (χ3v) is 2.22. The molecule has 0 amide bonds. The van der Waals surface area contributed by atoms with Crippen LogP contribution in [-0.2, 0) is 20.9 Å². The lowest BCUT2D eigenvalue weighted by atomic mass is 10.4. The zero-order valence-corrected chi connectivity index (χ0v) is 8.88. The topological polar surface area (TPSA) is 70.3 Å². The first-order valence-electron chi connectivity index (χ1n) is 3.61. The Labute approximate surface area is 86.6 Å². The van der Waals surface area contributed by atoms with Gasteiger partial charge < -0.3 is 5.21 Å². The van der Waals surface area contributed by atoms with Gasteiger partial charge in [0.2, 0.25) is 5.69 Å². The van der Waals surface area contributed by atoms with Crippen molar-refractivity contribution in [2.45, 2.75) is 6.61 Å². The maximum absolute atomic E-state index is 11.2. The highest BCUT2D eigenvalue weighted by Gasteiger charge is 2.11. The van der Waals surface area contributed by atoms with Crippen LogP contribution in [0.5, 0.6) is 0 Å². The Morgan fingerprint density at radius 1 is 1.57 bits per heavy atom. The van der Waals surface area contributed by atoms with E-state index in [-0.39, 0.29) is 17.5 Å². The van der Waals surface area contributed by atoms with Gasteiger partial charge in [-0.05, 0) is 17.7 Å². The quantitative estimate of drug-likeness (QED) is 0.331. The standard InChI is InChI=1S/C7H8ClNO4S/c1-14(11,12)13-5-6-3-2-4-7(8)9(6)10/h2-4H,5H2,1H3. The van der Waals surface area contributed by atoms with Crippen LogP contribution < -0.4 is 4.73 Å². The van der Waals surface area contributed by atoms with Crippen LogP contribution in [0.25, 0.3) is 0 Å². The highest BCUT2D eigenvalue weighted by atomic mass is 35.5. The minimum Gasteiger partial charge on any atom is -0.617 e. The molecule has 0 aliphatic rings. The molecule has 7 heteroatoms. The molecule has 0 radical (unpaired) electrons. The van der Waals surface area contributed by atoms with Crippen LogP contribution >= 0.6 is 11.6 Å². The second kappa shape index (κ2) is 4.12. The molecule has 0 unspecified atom stereocenters. The van der Waals surface area contributed by atoms with E-state index < -0.39 is 10.1 Å². The smallest absolute Gasteiger partial charge is 0.286 e. The van der Waals surface area contributed by atoms with Gasteiger partial charge in [-0.25, -0.2) is 0 Å². The number of hydrogen-bond donors (Lipinski definition) is 0. The maximum atomic E-state index is 11.2. The first-order chi connectivity index (χ1) is 6.40. The summed E-state index contributed by atoms with van der Waals surface area (Å²) in [4.78, 5) is 0. The van der Waals surface area contributed by atoms with Crippen LogP contribution in [0.15, 0.2) is 18.2 Å². The van der Waals surface area contributed by atoms with Crippen molar-refractivity contribution in [2.75, 3.05) is 6.26 Å². The van der Waals surface area contributed by atoms with Crippen molar-refractivity contribution < 1.29 is 17.3 Å². The van der Waals surface area contributed by atoms with Crippen molar-refractivity contribution in [1.29, 1.82) is 0 Å². The lowest BCUT2D eigenvalue weighted by Gasteiger charge is -2.04. The van der Waals surface area contributed by atoms with E-state index in [1.165, 1.54) is 18.2 Å². The Morgan fingerprint density at radius 3 is 2.79 bits per heavy atom. The van der Waals surface area contributed by atoms with E-state index >= 15 is 0 Å². The van der Waals surface area contributed by atoms with E-state index in [9.17, 15) is 13.6 Å². The van der Waals surface area contributed by atoms with Crippen molar-refractivity contribution in [3.63, 3.8) is 0 Å². The Balaban J connectivity index is 2.83. The molecule has 0 aliphatic carbocycles. The van der Waals surface area contributed by atoms with E-state index in [4.69, 9.17) is 11.6 Å². The highest BCUT2D eigenvalue weighted by molar-refractivity contribution is 7.85. The van der Waals surface area contributed by atoms with Gasteiger partial charge in [0.15, 0.2) is 6.61 Å². The highest BCUT2D eigenvalue weighted by Crippen LogP contribution is 2.04. The summed E-state index contributed by atoms with van der Waals surface area (Å²) in [6.07, 6.45) is 0.909. The molecular weight excluding hydrogens is 230 g/mol. The Kier molecular flexibility index (Phi) is 3.30. The van der Waals surface area contributed by atoms with Gasteiger partial charge in [0.05, 0.1) is 6.26 Å². The predicted molar refractivity (Wildman–Crippen MR) is 50.0 cm³/mol. The Bertz CT molecular complexity index is 431. The zero-order chi connectivity index (χ0) is 10.8. The summed E-state index contributed by atoms with van der Waals surface area (Å²) in [7, 11) is -3.55. The fraction of sp³-hybridized carbons (Fsp3) is 0.286. The van der Waals surface area contributed by atoms with E-state index in [0.29, 0.717) is 4.73 Å². The average Bonchev–Trinajstić information content (AvgIpc) is 2.06. The molecule has 0 saturated heterocycles. The molecule has 0 aliphatic heterocycles. The van der Waals surface area contributed by atoms with Gasteiger partial charge in [-0.1, -0.05) is 0 Å². The van der Waals surface area contributed by atoms with Gasteiger partial charge in [-0.3, -0.25) is 4.18 Å². The first-order valence-corrected chi connectivity index (χ1v) is 5.81. The molecular formula is C7H8ClNO4S. The molecule has 0 aromatic carbocycles. The van der Waals surface area contributed by atoms with Gasteiger partial charge in [0.1, 0.15) is 0 Å². The molecule has 1 aromatic rings. The largest absolute Gasteiger partial charge is 0.617 e. The predicted octanol–water partition coefficient (Wildman–Crippen LogP) is 0.450. The molecule has 0 bridgehead atoms.